The third-order valence-corrected chi connectivity index (χ3v) is 6.58. The molecule has 39 heavy (non-hydrogen) atoms. The molecule has 2 heterocycles. The van der Waals surface area contributed by atoms with Gasteiger partial charge in [-0.2, -0.15) is 0 Å². The second-order valence-electron chi connectivity index (χ2n) is 9.12. The number of benzene rings is 3. The molecule has 0 unspecified atom stereocenters. The highest BCUT2D eigenvalue weighted by atomic mass is 35.5. The Morgan fingerprint density at radius 1 is 1.00 bits per heavy atom. The van der Waals surface area contributed by atoms with Crippen LogP contribution in [0.5, 0.6) is 5.75 Å². The molecule has 1 amide bonds. The van der Waals surface area contributed by atoms with E-state index < -0.39 is 43.2 Å². The first kappa shape index (κ1) is 26.8. The molecule has 0 aliphatic carbocycles. The van der Waals surface area contributed by atoms with Crippen LogP contribution in [0.4, 0.5) is 11.5 Å². The molecule has 1 fully saturated rings. The molecule has 0 bridgehead atoms. The number of nitrogens with zero attached hydrogens (tertiary/aromatic N) is 2. The number of nitrogens with one attached hydrogen (secondary N) is 2. The number of halogens is 1. The zero-order valence-corrected chi connectivity index (χ0v) is 21.6. The molecule has 1 aromatic heterocycles. The minimum Gasteiger partial charge on any atom is -0.463 e. The molecule has 1 aliphatic rings. The number of amides is 1. The number of para-hydroxylation sites is 1. The summed E-state index contributed by atoms with van der Waals surface area (Å²) in [6, 6.07) is 20.9. The van der Waals surface area contributed by atoms with E-state index in [4.69, 9.17) is 31.0 Å². The van der Waals surface area contributed by atoms with Gasteiger partial charge in [-0.05, 0) is 60.7 Å². The Balaban J connectivity index is 1.38. The van der Waals surface area contributed by atoms with Crippen molar-refractivity contribution in [2.75, 3.05) is 11.9 Å². The molecule has 10 nitrogen and oxygen atoms in total. The Bertz CT molecular complexity index is 1450. The van der Waals surface area contributed by atoms with Gasteiger partial charge in [0.1, 0.15) is 35.9 Å². The molecule has 3 aromatic carbocycles. The molecule has 202 valence electrons. The smallest absolute Gasteiger partial charge is 0.223 e. The van der Waals surface area contributed by atoms with Crippen molar-refractivity contribution in [3.63, 3.8) is 0 Å². The quantitative estimate of drug-likeness (QED) is 0.234. The van der Waals surface area contributed by atoms with Crippen LogP contribution < -0.4 is 15.4 Å². The van der Waals surface area contributed by atoms with Crippen molar-refractivity contribution in [1.29, 1.82) is 0 Å². The molecule has 0 radical (unpaired) electrons. The topological polar surface area (TPSA) is 146 Å². The van der Waals surface area contributed by atoms with E-state index in [2.05, 4.69) is 10.6 Å². The second-order valence-corrected chi connectivity index (χ2v) is 9.56. The van der Waals surface area contributed by atoms with Gasteiger partial charge >= 0.3 is 0 Å². The first-order valence-electron chi connectivity index (χ1n) is 12.3. The fourth-order valence-corrected chi connectivity index (χ4v) is 4.48. The number of aliphatic hydroxyl groups is 3. The number of ether oxygens (including phenoxy) is 2. The monoisotopic (exact) mass is 550 g/mol. The van der Waals surface area contributed by atoms with Gasteiger partial charge in [0.15, 0.2) is 5.82 Å². The van der Waals surface area contributed by atoms with Crippen LogP contribution in [-0.2, 0) is 9.53 Å². The van der Waals surface area contributed by atoms with E-state index in [0.29, 0.717) is 22.4 Å². The highest BCUT2D eigenvalue weighted by Gasteiger charge is 2.46. The Hall–Kier alpha value is -3.80. The number of carbonyl (C=O) groups excluding carboxylic acids is 1. The second kappa shape index (κ2) is 11.5. The van der Waals surface area contributed by atoms with Gasteiger partial charge in [-0.1, -0.05) is 23.7 Å². The average Bonchev–Trinajstić information content (AvgIpc) is 2.94. The molecule has 5 N–H and O–H groups in total. The Morgan fingerprint density at radius 3 is 2.41 bits per heavy atom. The van der Waals surface area contributed by atoms with Crippen molar-refractivity contribution in [2.45, 2.75) is 37.6 Å². The predicted molar refractivity (Wildman–Crippen MR) is 146 cm³/mol. The maximum atomic E-state index is 11.7. The Morgan fingerprint density at radius 2 is 1.72 bits per heavy atom. The first-order chi connectivity index (χ1) is 18.8. The fraction of sp³-hybridized carbons (Fsp3) is 0.250. The first-order valence-corrected chi connectivity index (χ1v) is 12.7. The molecule has 11 heteroatoms. The molecule has 1 aliphatic heterocycles. The van der Waals surface area contributed by atoms with E-state index in [0.717, 1.165) is 22.2 Å². The minimum absolute atomic E-state index is 0.385. The van der Waals surface area contributed by atoms with Gasteiger partial charge in [0.2, 0.25) is 12.2 Å². The maximum absolute atomic E-state index is 11.7. The van der Waals surface area contributed by atoms with E-state index in [-0.39, 0.29) is 0 Å². The number of aromatic nitrogens is 2. The lowest BCUT2D eigenvalue weighted by atomic mass is 9.97. The summed E-state index contributed by atoms with van der Waals surface area (Å²) < 4.78 is 11.5. The lowest BCUT2D eigenvalue weighted by Crippen LogP contribution is -2.65. The number of hydrogen-bond acceptors (Lipinski definition) is 9. The van der Waals surface area contributed by atoms with Crippen LogP contribution in [-0.4, -0.2) is 68.4 Å². The normalized spacial score (nSPS) is 22.8. The minimum atomic E-state index is -1.40. The van der Waals surface area contributed by atoms with E-state index in [1.807, 2.05) is 36.4 Å². The summed E-state index contributed by atoms with van der Waals surface area (Å²) in [5.41, 5.74) is 2.32. The van der Waals surface area contributed by atoms with Crippen molar-refractivity contribution < 1.29 is 29.6 Å². The van der Waals surface area contributed by atoms with E-state index in [1.165, 1.54) is 6.92 Å². The third-order valence-electron chi connectivity index (χ3n) is 6.33. The zero-order chi connectivity index (χ0) is 27.5. The average molecular weight is 551 g/mol. The van der Waals surface area contributed by atoms with Crippen molar-refractivity contribution in [3.05, 3.63) is 77.8 Å². The molecular formula is C28H27ClN4O6. The van der Waals surface area contributed by atoms with Gasteiger partial charge in [-0.3, -0.25) is 4.79 Å². The van der Waals surface area contributed by atoms with Crippen LogP contribution in [0.2, 0.25) is 5.02 Å². The van der Waals surface area contributed by atoms with Gasteiger partial charge in [0.25, 0.3) is 0 Å². The van der Waals surface area contributed by atoms with Crippen LogP contribution in [0.3, 0.4) is 0 Å². The van der Waals surface area contributed by atoms with Crippen molar-refractivity contribution in [1.82, 2.24) is 15.3 Å². The molecule has 5 rings (SSSR count). The highest BCUT2D eigenvalue weighted by Crippen LogP contribution is 2.30. The number of anilines is 2. The lowest BCUT2D eigenvalue weighted by molar-refractivity contribution is -0.244. The van der Waals surface area contributed by atoms with Gasteiger partial charge in [-0.15, -0.1) is 0 Å². The summed E-state index contributed by atoms with van der Waals surface area (Å²) in [5, 5.41) is 37.5. The molecule has 0 saturated carbocycles. The zero-order valence-electron chi connectivity index (χ0n) is 20.9. The van der Waals surface area contributed by atoms with Crippen molar-refractivity contribution in [2.24, 2.45) is 0 Å². The van der Waals surface area contributed by atoms with E-state index in [9.17, 15) is 20.1 Å². The van der Waals surface area contributed by atoms with E-state index >= 15 is 0 Å². The summed E-state index contributed by atoms with van der Waals surface area (Å²) in [6.45, 7) is 0.753. The van der Waals surface area contributed by atoms with Crippen molar-refractivity contribution >= 4 is 39.9 Å². The lowest BCUT2D eigenvalue weighted by Gasteiger charge is -2.42. The van der Waals surface area contributed by atoms with Crippen LogP contribution in [0.1, 0.15) is 6.92 Å². The SMILES string of the molecule is CC(=O)N[C@H]1[C@@H](Oc2ccc(Nc3nc(-c4ccc(Cl)cc4)nc4ccccc34)cc2)O[C@@H](CO)[C@@H](O)[C@@H]1O. The van der Waals surface area contributed by atoms with Gasteiger partial charge in [-0.25, -0.2) is 9.97 Å². The standard InChI is InChI=1S/C28H27ClN4O6/c1-15(35)30-23-25(37)24(36)22(14-34)39-28(23)38-19-12-10-18(11-13-19)31-27-20-4-2-3-5-21(20)32-26(33-27)16-6-8-17(29)9-7-16/h2-13,22-25,28,34,36-37H,14H2,1H3,(H,30,35)(H,31,32,33)/t22-,23+,24+,25+,28-/m0/s1. The summed E-state index contributed by atoms with van der Waals surface area (Å²) in [7, 11) is 0. The van der Waals surface area contributed by atoms with Crippen LogP contribution >= 0.6 is 11.6 Å². The largest absolute Gasteiger partial charge is 0.463 e. The predicted octanol–water partition coefficient (Wildman–Crippen LogP) is 3.02. The molecular weight excluding hydrogens is 524 g/mol. The number of hydrogen-bond donors (Lipinski definition) is 5. The highest BCUT2D eigenvalue weighted by molar-refractivity contribution is 6.30. The maximum Gasteiger partial charge on any atom is 0.223 e. The van der Waals surface area contributed by atoms with Crippen LogP contribution in [0.25, 0.3) is 22.3 Å². The summed E-state index contributed by atoms with van der Waals surface area (Å²) in [4.78, 5) is 21.1. The third kappa shape index (κ3) is 5.95. The van der Waals surface area contributed by atoms with Crippen LogP contribution in [0, 0.1) is 0 Å². The Labute approximate surface area is 229 Å². The molecule has 1 saturated heterocycles. The summed E-state index contributed by atoms with van der Waals surface area (Å²) in [6.07, 6.45) is -5.00. The van der Waals surface area contributed by atoms with Crippen molar-refractivity contribution in [3.8, 4) is 17.1 Å². The molecule has 0 spiro atoms. The fourth-order valence-electron chi connectivity index (χ4n) is 4.36. The summed E-state index contributed by atoms with van der Waals surface area (Å²) >= 11 is 6.04. The van der Waals surface area contributed by atoms with E-state index in [1.54, 1.807) is 36.4 Å². The Kier molecular flexibility index (Phi) is 7.92. The van der Waals surface area contributed by atoms with Gasteiger partial charge in [0.05, 0.1) is 12.1 Å². The number of carbonyl (C=O) groups is 1. The van der Waals surface area contributed by atoms with Gasteiger partial charge < -0.3 is 35.4 Å². The number of fused-ring (bicyclic) bond motifs is 1. The number of rotatable bonds is 7. The van der Waals surface area contributed by atoms with Crippen LogP contribution in [0.15, 0.2) is 72.8 Å². The molecule has 5 atom stereocenters. The van der Waals surface area contributed by atoms with Gasteiger partial charge in [0, 0.05) is 28.6 Å². The summed E-state index contributed by atoms with van der Waals surface area (Å²) in [5.74, 6) is 1.12. The number of aliphatic hydroxyl groups excluding tert-OH is 3. The molecule has 4 aromatic rings.